The molecule has 0 radical (unpaired) electrons. The van der Waals surface area contributed by atoms with Gasteiger partial charge < -0.3 is 5.73 Å². The quantitative estimate of drug-likeness (QED) is 0.926. The van der Waals surface area contributed by atoms with Gasteiger partial charge in [0.05, 0.1) is 10.6 Å². The van der Waals surface area contributed by atoms with E-state index in [0.717, 1.165) is 18.4 Å². The van der Waals surface area contributed by atoms with E-state index in [1.54, 1.807) is 13.0 Å². The summed E-state index contributed by atoms with van der Waals surface area (Å²) in [6.07, 6.45) is 2.19. The summed E-state index contributed by atoms with van der Waals surface area (Å²) in [5.41, 5.74) is 7.00. The first-order chi connectivity index (χ1) is 7.95. The molecule has 0 aromatic heterocycles. The smallest absolute Gasteiger partial charge is 0.179 e. The SMILES string of the molecule is CCS(=O)(=O)c1ccc(C2(CN)CC2)cc1Br. The van der Waals surface area contributed by atoms with Crippen molar-refractivity contribution in [2.75, 3.05) is 12.3 Å². The molecule has 0 aliphatic heterocycles. The Morgan fingerprint density at radius 1 is 1.41 bits per heavy atom. The lowest BCUT2D eigenvalue weighted by molar-refractivity contribution is 0.596. The van der Waals surface area contributed by atoms with E-state index in [-0.39, 0.29) is 11.2 Å². The van der Waals surface area contributed by atoms with Gasteiger partial charge in [-0.25, -0.2) is 8.42 Å². The minimum absolute atomic E-state index is 0.0943. The Balaban J connectivity index is 2.43. The lowest BCUT2D eigenvalue weighted by Crippen LogP contribution is -2.19. The first-order valence-electron chi connectivity index (χ1n) is 5.68. The molecular weight excluding hydrogens is 302 g/mol. The molecular formula is C12H16BrNO2S. The Hall–Kier alpha value is -0.390. The zero-order valence-corrected chi connectivity index (χ0v) is 12.1. The van der Waals surface area contributed by atoms with Gasteiger partial charge in [0.15, 0.2) is 9.84 Å². The molecule has 0 unspecified atom stereocenters. The van der Waals surface area contributed by atoms with Crippen LogP contribution >= 0.6 is 15.9 Å². The maximum atomic E-state index is 11.8. The first-order valence-corrected chi connectivity index (χ1v) is 8.12. The summed E-state index contributed by atoms with van der Waals surface area (Å²) >= 11 is 3.35. The Bertz CT molecular complexity index is 535. The molecule has 0 spiro atoms. The molecule has 1 aromatic rings. The largest absolute Gasteiger partial charge is 0.330 e. The van der Waals surface area contributed by atoms with E-state index in [9.17, 15) is 8.42 Å². The highest BCUT2D eigenvalue weighted by Gasteiger charge is 2.43. The van der Waals surface area contributed by atoms with Crippen LogP contribution < -0.4 is 5.73 Å². The molecule has 1 aliphatic rings. The maximum absolute atomic E-state index is 11.8. The summed E-state index contributed by atoms with van der Waals surface area (Å²) in [7, 11) is -3.16. The molecule has 2 N–H and O–H groups in total. The molecule has 0 saturated heterocycles. The molecule has 1 saturated carbocycles. The highest BCUT2D eigenvalue weighted by molar-refractivity contribution is 9.10. The van der Waals surface area contributed by atoms with Crippen molar-refractivity contribution in [3.8, 4) is 0 Å². The predicted octanol–water partition coefficient (Wildman–Crippen LogP) is 2.23. The molecule has 17 heavy (non-hydrogen) atoms. The third-order valence-corrected chi connectivity index (χ3v) is 6.21. The van der Waals surface area contributed by atoms with Crippen molar-refractivity contribution in [2.24, 2.45) is 5.73 Å². The zero-order valence-electron chi connectivity index (χ0n) is 9.74. The van der Waals surface area contributed by atoms with Gasteiger partial charge in [-0.3, -0.25) is 0 Å². The van der Waals surface area contributed by atoms with E-state index in [2.05, 4.69) is 15.9 Å². The fourth-order valence-electron chi connectivity index (χ4n) is 2.00. The fraction of sp³-hybridized carbons (Fsp3) is 0.500. The van der Waals surface area contributed by atoms with E-state index in [1.165, 1.54) is 0 Å². The van der Waals surface area contributed by atoms with Gasteiger partial charge in [0, 0.05) is 16.4 Å². The van der Waals surface area contributed by atoms with Crippen molar-refractivity contribution in [2.45, 2.75) is 30.1 Å². The van der Waals surface area contributed by atoms with Gasteiger partial charge in [0.1, 0.15) is 0 Å². The van der Waals surface area contributed by atoms with Gasteiger partial charge in [0.25, 0.3) is 0 Å². The molecule has 0 amide bonds. The lowest BCUT2D eigenvalue weighted by Gasteiger charge is -2.14. The van der Waals surface area contributed by atoms with Crippen molar-refractivity contribution in [1.82, 2.24) is 0 Å². The van der Waals surface area contributed by atoms with Crippen molar-refractivity contribution >= 4 is 25.8 Å². The third-order valence-electron chi connectivity index (χ3n) is 3.50. The van der Waals surface area contributed by atoms with Crippen LogP contribution in [0.15, 0.2) is 27.6 Å². The average Bonchev–Trinajstić information content (AvgIpc) is 3.09. The summed E-state index contributed by atoms with van der Waals surface area (Å²) in [6, 6.07) is 5.49. The van der Waals surface area contributed by atoms with Crippen LogP contribution in [0.5, 0.6) is 0 Å². The van der Waals surface area contributed by atoms with Crippen LogP contribution in [0.2, 0.25) is 0 Å². The lowest BCUT2D eigenvalue weighted by atomic mass is 9.96. The van der Waals surface area contributed by atoms with Crippen LogP contribution in [-0.4, -0.2) is 20.7 Å². The molecule has 0 bridgehead atoms. The molecule has 94 valence electrons. The molecule has 1 fully saturated rings. The normalized spacial score (nSPS) is 18.1. The minimum atomic E-state index is -3.16. The highest BCUT2D eigenvalue weighted by Crippen LogP contribution is 2.48. The molecule has 1 aliphatic carbocycles. The van der Waals surface area contributed by atoms with Crippen molar-refractivity contribution in [3.05, 3.63) is 28.2 Å². The summed E-state index contributed by atoms with van der Waals surface area (Å²) in [5.74, 6) is 0.118. The maximum Gasteiger partial charge on any atom is 0.179 e. The van der Waals surface area contributed by atoms with Gasteiger partial charge in [-0.15, -0.1) is 0 Å². The fourth-order valence-corrected chi connectivity index (χ4v) is 4.06. The molecule has 2 rings (SSSR count). The van der Waals surface area contributed by atoms with Crippen molar-refractivity contribution in [3.63, 3.8) is 0 Å². The van der Waals surface area contributed by atoms with E-state index >= 15 is 0 Å². The second-order valence-electron chi connectivity index (χ2n) is 4.53. The van der Waals surface area contributed by atoms with E-state index in [0.29, 0.717) is 15.9 Å². The number of nitrogens with two attached hydrogens (primary N) is 1. The zero-order chi connectivity index (χ0) is 12.7. The van der Waals surface area contributed by atoms with Crippen LogP contribution in [0.4, 0.5) is 0 Å². The topological polar surface area (TPSA) is 60.2 Å². The highest BCUT2D eigenvalue weighted by atomic mass is 79.9. The molecule has 0 atom stereocenters. The number of benzene rings is 1. The van der Waals surface area contributed by atoms with Gasteiger partial charge >= 0.3 is 0 Å². The summed E-state index contributed by atoms with van der Waals surface area (Å²) in [6.45, 7) is 2.28. The van der Waals surface area contributed by atoms with Gasteiger partial charge in [-0.1, -0.05) is 13.0 Å². The van der Waals surface area contributed by atoms with Crippen LogP contribution in [0.1, 0.15) is 25.3 Å². The predicted molar refractivity (Wildman–Crippen MR) is 71.8 cm³/mol. The Labute approximate surface area is 110 Å². The van der Waals surface area contributed by atoms with Crippen LogP contribution in [0, 0.1) is 0 Å². The second kappa shape index (κ2) is 4.37. The third kappa shape index (κ3) is 2.28. The number of rotatable bonds is 4. The van der Waals surface area contributed by atoms with Gasteiger partial charge in [-0.05, 0) is 46.5 Å². The Kier molecular flexibility index (Phi) is 3.36. The Morgan fingerprint density at radius 3 is 2.47 bits per heavy atom. The number of hydrogen-bond acceptors (Lipinski definition) is 3. The number of hydrogen-bond donors (Lipinski definition) is 1. The van der Waals surface area contributed by atoms with Crippen LogP contribution in [0.3, 0.4) is 0 Å². The summed E-state index contributed by atoms with van der Waals surface area (Å²) < 4.78 is 24.3. The molecule has 5 heteroatoms. The average molecular weight is 318 g/mol. The van der Waals surface area contributed by atoms with Gasteiger partial charge in [-0.2, -0.15) is 0 Å². The summed E-state index contributed by atoms with van der Waals surface area (Å²) in [4.78, 5) is 0.372. The standard InChI is InChI=1S/C12H16BrNO2S/c1-2-17(15,16)11-4-3-9(7-10(11)13)12(8-14)5-6-12/h3-4,7H,2,5-6,8,14H2,1H3. The van der Waals surface area contributed by atoms with Crippen LogP contribution in [0.25, 0.3) is 0 Å². The minimum Gasteiger partial charge on any atom is -0.330 e. The van der Waals surface area contributed by atoms with Crippen molar-refractivity contribution in [1.29, 1.82) is 0 Å². The monoisotopic (exact) mass is 317 g/mol. The van der Waals surface area contributed by atoms with Gasteiger partial charge in [0.2, 0.25) is 0 Å². The number of sulfone groups is 1. The van der Waals surface area contributed by atoms with Crippen LogP contribution in [-0.2, 0) is 15.3 Å². The second-order valence-corrected chi connectivity index (χ2v) is 7.63. The molecule has 1 aromatic carbocycles. The van der Waals surface area contributed by atoms with E-state index in [1.807, 2.05) is 12.1 Å². The van der Waals surface area contributed by atoms with Crippen molar-refractivity contribution < 1.29 is 8.42 Å². The van der Waals surface area contributed by atoms with E-state index in [4.69, 9.17) is 5.73 Å². The molecule has 0 heterocycles. The number of halogens is 1. The summed E-state index contributed by atoms with van der Waals surface area (Å²) in [5, 5.41) is 0. The van der Waals surface area contributed by atoms with E-state index < -0.39 is 9.84 Å². The Morgan fingerprint density at radius 2 is 2.06 bits per heavy atom. The first kappa shape index (κ1) is 13.1. The molecule has 3 nitrogen and oxygen atoms in total.